The fourth-order valence-electron chi connectivity index (χ4n) is 1.30. The van der Waals surface area contributed by atoms with Crippen molar-refractivity contribution in [1.29, 1.82) is 0 Å². The molecule has 0 radical (unpaired) electrons. The van der Waals surface area contributed by atoms with Crippen LogP contribution in [0.3, 0.4) is 0 Å². The summed E-state index contributed by atoms with van der Waals surface area (Å²) in [6.07, 6.45) is 0. The minimum absolute atomic E-state index is 0.142. The Bertz CT molecular complexity index is 351. The first-order valence-corrected chi connectivity index (χ1v) is 4.34. The highest BCUT2D eigenvalue weighted by Crippen LogP contribution is 2.34. The molecule has 2 rings (SSSR count). The molecular formula is C8H7BrN2O. The van der Waals surface area contributed by atoms with Crippen LogP contribution >= 0.6 is 15.9 Å². The van der Waals surface area contributed by atoms with E-state index in [9.17, 15) is 4.79 Å². The first kappa shape index (κ1) is 7.76. The first-order valence-electron chi connectivity index (χ1n) is 3.55. The van der Waals surface area contributed by atoms with Crippen LogP contribution in [0.2, 0.25) is 0 Å². The van der Waals surface area contributed by atoms with Gasteiger partial charge in [0.15, 0.2) is 0 Å². The maximum absolute atomic E-state index is 11.1. The molecule has 12 heavy (non-hydrogen) atoms. The van der Waals surface area contributed by atoms with Gasteiger partial charge in [-0.15, -0.1) is 0 Å². The van der Waals surface area contributed by atoms with Crippen molar-refractivity contribution in [1.82, 2.24) is 0 Å². The normalized spacial score (nSPS) is 20.5. The van der Waals surface area contributed by atoms with Gasteiger partial charge in [-0.2, -0.15) is 0 Å². The van der Waals surface area contributed by atoms with Gasteiger partial charge in [0.1, 0.15) is 6.04 Å². The zero-order chi connectivity index (χ0) is 8.72. The van der Waals surface area contributed by atoms with E-state index in [1.165, 1.54) is 0 Å². The van der Waals surface area contributed by atoms with E-state index >= 15 is 0 Å². The standard InChI is InChI=1S/C8H7BrN2O/c9-4-2-1-3-5-6(4)7(10)8(12)11-5/h1-3,7H,10H2,(H,11,12). The average molecular weight is 227 g/mol. The van der Waals surface area contributed by atoms with Gasteiger partial charge < -0.3 is 11.1 Å². The zero-order valence-corrected chi connectivity index (χ0v) is 7.76. The second-order valence-electron chi connectivity index (χ2n) is 2.67. The van der Waals surface area contributed by atoms with Crippen LogP contribution in [0.5, 0.6) is 0 Å². The van der Waals surface area contributed by atoms with Gasteiger partial charge in [0.2, 0.25) is 5.91 Å². The number of amides is 1. The first-order chi connectivity index (χ1) is 5.70. The van der Waals surface area contributed by atoms with E-state index in [1.54, 1.807) is 0 Å². The molecule has 0 saturated carbocycles. The topological polar surface area (TPSA) is 55.1 Å². The van der Waals surface area contributed by atoms with Crippen LogP contribution in [0.4, 0.5) is 5.69 Å². The van der Waals surface area contributed by atoms with Gasteiger partial charge in [-0.05, 0) is 12.1 Å². The van der Waals surface area contributed by atoms with Gasteiger partial charge >= 0.3 is 0 Å². The molecule has 1 heterocycles. The van der Waals surface area contributed by atoms with E-state index in [2.05, 4.69) is 21.2 Å². The van der Waals surface area contributed by atoms with Gasteiger partial charge in [-0.25, -0.2) is 0 Å². The minimum Gasteiger partial charge on any atom is -0.324 e. The van der Waals surface area contributed by atoms with Gasteiger partial charge in [0.05, 0.1) is 0 Å². The minimum atomic E-state index is -0.532. The van der Waals surface area contributed by atoms with Crippen LogP contribution in [-0.2, 0) is 4.79 Å². The Labute approximate surface area is 78.1 Å². The molecule has 0 fully saturated rings. The molecule has 1 amide bonds. The third-order valence-corrected chi connectivity index (χ3v) is 2.60. The molecule has 3 N–H and O–H groups in total. The van der Waals surface area contributed by atoms with Crippen molar-refractivity contribution in [2.45, 2.75) is 6.04 Å². The zero-order valence-electron chi connectivity index (χ0n) is 6.17. The maximum atomic E-state index is 11.1. The third kappa shape index (κ3) is 0.956. The number of nitrogens with two attached hydrogens (primary N) is 1. The summed E-state index contributed by atoms with van der Waals surface area (Å²) in [4.78, 5) is 11.1. The summed E-state index contributed by atoms with van der Waals surface area (Å²) in [7, 11) is 0. The molecule has 0 bridgehead atoms. The second-order valence-corrected chi connectivity index (χ2v) is 3.52. The number of hydrogen-bond donors (Lipinski definition) is 2. The number of benzene rings is 1. The molecule has 0 aliphatic carbocycles. The lowest BCUT2D eigenvalue weighted by molar-refractivity contribution is -0.116. The van der Waals surface area contributed by atoms with Crippen molar-refractivity contribution in [2.75, 3.05) is 5.32 Å². The Morgan fingerprint density at radius 1 is 1.50 bits per heavy atom. The Balaban J connectivity index is 2.62. The highest BCUT2D eigenvalue weighted by molar-refractivity contribution is 9.10. The van der Waals surface area contributed by atoms with Gasteiger partial charge in [-0.1, -0.05) is 22.0 Å². The fraction of sp³-hybridized carbons (Fsp3) is 0.125. The fourth-order valence-corrected chi connectivity index (χ4v) is 1.92. The van der Waals surface area contributed by atoms with Gasteiger partial charge in [0.25, 0.3) is 0 Å². The van der Waals surface area contributed by atoms with E-state index in [1.807, 2.05) is 18.2 Å². The number of carbonyl (C=O) groups excluding carboxylic acids is 1. The summed E-state index contributed by atoms with van der Waals surface area (Å²) in [6.45, 7) is 0. The van der Waals surface area contributed by atoms with Crippen LogP contribution in [0.15, 0.2) is 22.7 Å². The van der Waals surface area contributed by atoms with Crippen LogP contribution < -0.4 is 11.1 Å². The number of anilines is 1. The van der Waals surface area contributed by atoms with Crippen molar-refractivity contribution in [3.63, 3.8) is 0 Å². The van der Waals surface area contributed by atoms with Crippen LogP contribution in [0, 0.1) is 0 Å². The lowest BCUT2D eigenvalue weighted by atomic mass is 10.1. The molecule has 3 nitrogen and oxygen atoms in total. The third-order valence-electron chi connectivity index (χ3n) is 1.90. The van der Waals surface area contributed by atoms with Crippen molar-refractivity contribution in [2.24, 2.45) is 5.73 Å². The Morgan fingerprint density at radius 3 is 2.92 bits per heavy atom. The summed E-state index contributed by atoms with van der Waals surface area (Å²) >= 11 is 3.34. The smallest absolute Gasteiger partial charge is 0.246 e. The molecule has 0 spiro atoms. The molecule has 1 aliphatic heterocycles. The maximum Gasteiger partial charge on any atom is 0.246 e. The molecule has 1 atom stereocenters. The summed E-state index contributed by atoms with van der Waals surface area (Å²) < 4.78 is 0.880. The SMILES string of the molecule is NC1C(=O)Nc2cccc(Br)c21. The Kier molecular flexibility index (Phi) is 1.66. The quantitative estimate of drug-likeness (QED) is 0.703. The van der Waals surface area contributed by atoms with Crippen molar-refractivity contribution >= 4 is 27.5 Å². The van der Waals surface area contributed by atoms with Gasteiger partial charge in [0, 0.05) is 15.7 Å². The average Bonchev–Trinajstić information content (AvgIpc) is 2.29. The molecule has 1 unspecified atom stereocenters. The van der Waals surface area contributed by atoms with E-state index in [0.717, 1.165) is 15.7 Å². The van der Waals surface area contributed by atoms with Crippen molar-refractivity contribution in [3.05, 3.63) is 28.2 Å². The lowest BCUT2D eigenvalue weighted by Crippen LogP contribution is -2.19. The predicted octanol–water partition coefficient (Wildman–Crippen LogP) is 1.40. The van der Waals surface area contributed by atoms with Crippen LogP contribution in [-0.4, -0.2) is 5.91 Å². The Morgan fingerprint density at radius 2 is 2.25 bits per heavy atom. The van der Waals surface area contributed by atoms with E-state index in [4.69, 9.17) is 5.73 Å². The second kappa shape index (κ2) is 2.57. The number of carbonyl (C=O) groups is 1. The van der Waals surface area contributed by atoms with Crippen molar-refractivity contribution < 1.29 is 4.79 Å². The largest absolute Gasteiger partial charge is 0.324 e. The molecule has 1 aromatic carbocycles. The predicted molar refractivity (Wildman–Crippen MR) is 49.7 cm³/mol. The molecular weight excluding hydrogens is 220 g/mol. The van der Waals surface area contributed by atoms with Crippen molar-refractivity contribution in [3.8, 4) is 0 Å². The van der Waals surface area contributed by atoms with E-state index in [0.29, 0.717) is 0 Å². The molecule has 0 saturated heterocycles. The molecule has 62 valence electrons. The summed E-state index contributed by atoms with van der Waals surface area (Å²) in [5, 5.41) is 2.69. The van der Waals surface area contributed by atoms with Crippen LogP contribution in [0.1, 0.15) is 11.6 Å². The number of rotatable bonds is 0. The monoisotopic (exact) mass is 226 g/mol. The number of hydrogen-bond acceptors (Lipinski definition) is 2. The summed E-state index contributed by atoms with van der Waals surface area (Å²) in [5.74, 6) is -0.142. The number of fused-ring (bicyclic) bond motifs is 1. The molecule has 1 aliphatic rings. The van der Waals surface area contributed by atoms with Crippen LogP contribution in [0.25, 0.3) is 0 Å². The van der Waals surface area contributed by atoms with E-state index in [-0.39, 0.29) is 5.91 Å². The lowest BCUT2D eigenvalue weighted by Gasteiger charge is -2.02. The summed E-state index contributed by atoms with van der Waals surface area (Å²) in [6, 6.07) is 5.04. The summed E-state index contributed by atoms with van der Waals surface area (Å²) in [5.41, 5.74) is 7.31. The molecule has 4 heteroatoms. The molecule has 1 aromatic rings. The van der Waals surface area contributed by atoms with E-state index < -0.39 is 6.04 Å². The van der Waals surface area contributed by atoms with Gasteiger partial charge in [-0.3, -0.25) is 4.79 Å². The number of halogens is 1. The molecule has 0 aromatic heterocycles. The highest BCUT2D eigenvalue weighted by Gasteiger charge is 2.28. The number of nitrogens with one attached hydrogen (secondary N) is 1. The Hall–Kier alpha value is -0.870. The highest BCUT2D eigenvalue weighted by atomic mass is 79.9.